The molecular weight excluding hydrogens is 258 g/mol. The molecule has 0 saturated heterocycles. The first-order chi connectivity index (χ1) is 9.11. The molecule has 1 aromatic carbocycles. The van der Waals surface area contributed by atoms with Crippen LogP contribution in [0.3, 0.4) is 0 Å². The van der Waals surface area contributed by atoms with Crippen molar-refractivity contribution in [1.82, 2.24) is 4.90 Å². The Morgan fingerprint density at radius 3 is 2.79 bits per heavy atom. The molecule has 3 rings (SSSR count). The number of hydrogen-bond donors (Lipinski definition) is 1. The van der Waals surface area contributed by atoms with E-state index in [0.717, 1.165) is 24.3 Å². The molecule has 1 N–H and O–H groups in total. The molecule has 2 saturated carbocycles. The third-order valence-electron chi connectivity index (χ3n) is 4.90. The second-order valence-electron chi connectivity index (χ2n) is 6.42. The van der Waals surface area contributed by atoms with E-state index < -0.39 is 0 Å². The van der Waals surface area contributed by atoms with Gasteiger partial charge in [-0.1, -0.05) is 24.1 Å². The summed E-state index contributed by atoms with van der Waals surface area (Å²) < 4.78 is 0. The highest BCUT2D eigenvalue weighted by Gasteiger charge is 2.39. The summed E-state index contributed by atoms with van der Waals surface area (Å²) in [6, 6.07) is 5.51. The Morgan fingerprint density at radius 1 is 1.32 bits per heavy atom. The normalized spacial score (nSPS) is 29.3. The van der Waals surface area contributed by atoms with E-state index in [-0.39, 0.29) is 5.75 Å². The van der Waals surface area contributed by atoms with Crippen LogP contribution in [-0.4, -0.2) is 23.6 Å². The average Bonchev–Trinajstić information content (AvgIpc) is 2.96. The van der Waals surface area contributed by atoms with Crippen LogP contribution < -0.4 is 0 Å². The minimum Gasteiger partial charge on any atom is -0.506 e. The summed E-state index contributed by atoms with van der Waals surface area (Å²) in [5.41, 5.74) is 1.17. The van der Waals surface area contributed by atoms with Crippen LogP contribution in [0.5, 0.6) is 5.75 Å². The number of halogens is 1. The molecule has 3 atom stereocenters. The average molecular weight is 280 g/mol. The van der Waals surface area contributed by atoms with Crippen molar-refractivity contribution >= 4 is 11.6 Å². The molecule has 3 unspecified atom stereocenters. The Hall–Kier alpha value is -0.730. The monoisotopic (exact) mass is 279 g/mol. The van der Waals surface area contributed by atoms with Crippen LogP contribution in [0.15, 0.2) is 18.2 Å². The van der Waals surface area contributed by atoms with Crippen LogP contribution in [0.2, 0.25) is 5.02 Å². The molecule has 0 aromatic heterocycles. The minimum absolute atomic E-state index is 0.168. The topological polar surface area (TPSA) is 23.5 Å². The van der Waals surface area contributed by atoms with Crippen molar-refractivity contribution in [3.8, 4) is 5.75 Å². The highest BCUT2D eigenvalue weighted by atomic mass is 35.5. The Morgan fingerprint density at radius 2 is 2.16 bits per heavy atom. The molecule has 2 aliphatic rings. The number of phenolic OH excluding ortho intramolecular Hbond substituents is 1. The van der Waals surface area contributed by atoms with Gasteiger partial charge in [0.1, 0.15) is 5.75 Å². The van der Waals surface area contributed by atoms with Crippen molar-refractivity contribution in [1.29, 1.82) is 0 Å². The Labute approximate surface area is 120 Å². The predicted octanol–water partition coefficient (Wildman–Crippen LogP) is 3.91. The second-order valence-corrected chi connectivity index (χ2v) is 6.82. The van der Waals surface area contributed by atoms with E-state index in [9.17, 15) is 5.11 Å². The van der Waals surface area contributed by atoms with Gasteiger partial charge in [-0.15, -0.1) is 0 Å². The van der Waals surface area contributed by atoms with Gasteiger partial charge in [-0.2, -0.15) is 0 Å². The van der Waals surface area contributed by atoms with Crippen molar-refractivity contribution in [2.75, 3.05) is 13.6 Å². The molecule has 0 aliphatic heterocycles. The van der Waals surface area contributed by atoms with E-state index in [1.165, 1.54) is 37.8 Å². The number of phenols is 1. The Balaban J connectivity index is 1.56. The van der Waals surface area contributed by atoms with E-state index in [2.05, 4.69) is 11.9 Å². The van der Waals surface area contributed by atoms with Gasteiger partial charge in [0.2, 0.25) is 0 Å². The lowest BCUT2D eigenvalue weighted by Crippen LogP contribution is -2.28. The fraction of sp³-hybridized carbons (Fsp3) is 0.625. The summed E-state index contributed by atoms with van der Waals surface area (Å²) in [4.78, 5) is 2.40. The minimum atomic E-state index is 0.168. The molecule has 2 fully saturated rings. The van der Waals surface area contributed by atoms with E-state index in [1.54, 1.807) is 6.07 Å². The molecule has 2 nitrogen and oxygen atoms in total. The molecule has 0 spiro atoms. The lowest BCUT2D eigenvalue weighted by Gasteiger charge is -2.27. The summed E-state index contributed by atoms with van der Waals surface area (Å²) in [5, 5.41) is 9.88. The highest BCUT2D eigenvalue weighted by molar-refractivity contribution is 6.32. The number of fused-ring (bicyclic) bond motifs is 2. The second kappa shape index (κ2) is 5.34. The zero-order valence-electron chi connectivity index (χ0n) is 11.5. The van der Waals surface area contributed by atoms with Crippen LogP contribution in [0.1, 0.15) is 31.2 Å². The van der Waals surface area contributed by atoms with Crippen LogP contribution in [0, 0.1) is 17.8 Å². The van der Waals surface area contributed by atoms with Crippen molar-refractivity contribution in [2.24, 2.45) is 17.8 Å². The predicted molar refractivity (Wildman–Crippen MR) is 78.4 cm³/mol. The molecule has 3 heteroatoms. The number of nitrogens with zero attached hydrogens (tertiary/aromatic N) is 1. The zero-order chi connectivity index (χ0) is 13.4. The Kier molecular flexibility index (Phi) is 3.72. The van der Waals surface area contributed by atoms with Crippen molar-refractivity contribution in [2.45, 2.75) is 32.2 Å². The van der Waals surface area contributed by atoms with Crippen LogP contribution in [0.4, 0.5) is 0 Å². The molecule has 1 aromatic rings. The molecular formula is C16H22ClNO. The maximum Gasteiger partial charge on any atom is 0.134 e. The SMILES string of the molecule is CN(Cc1ccc(O)c(Cl)c1)CC1CC2CCC1C2. The third kappa shape index (κ3) is 2.90. The van der Waals surface area contributed by atoms with Gasteiger partial charge in [0, 0.05) is 13.1 Å². The van der Waals surface area contributed by atoms with E-state index in [1.807, 2.05) is 12.1 Å². The number of rotatable bonds is 4. The molecule has 19 heavy (non-hydrogen) atoms. The summed E-state index contributed by atoms with van der Waals surface area (Å²) in [6.07, 6.45) is 5.83. The quantitative estimate of drug-likeness (QED) is 0.903. The molecule has 2 bridgehead atoms. The van der Waals surface area contributed by atoms with Crippen LogP contribution >= 0.6 is 11.6 Å². The summed E-state index contributed by atoms with van der Waals surface area (Å²) in [6.45, 7) is 2.10. The third-order valence-corrected chi connectivity index (χ3v) is 5.20. The smallest absolute Gasteiger partial charge is 0.134 e. The summed E-state index contributed by atoms with van der Waals surface area (Å²) in [7, 11) is 2.19. The van der Waals surface area contributed by atoms with E-state index >= 15 is 0 Å². The first-order valence-corrected chi connectivity index (χ1v) is 7.65. The molecule has 0 radical (unpaired) electrons. The van der Waals surface area contributed by atoms with Gasteiger partial charge >= 0.3 is 0 Å². The van der Waals surface area contributed by atoms with Gasteiger partial charge in [0.05, 0.1) is 5.02 Å². The summed E-state index contributed by atoms with van der Waals surface area (Å²) in [5.74, 6) is 3.07. The number of hydrogen-bond acceptors (Lipinski definition) is 2. The molecule has 0 amide bonds. The maximum absolute atomic E-state index is 9.43. The maximum atomic E-state index is 9.43. The van der Waals surface area contributed by atoms with E-state index in [0.29, 0.717) is 5.02 Å². The van der Waals surface area contributed by atoms with E-state index in [4.69, 9.17) is 11.6 Å². The van der Waals surface area contributed by atoms with Gasteiger partial charge in [-0.3, -0.25) is 0 Å². The first-order valence-electron chi connectivity index (χ1n) is 7.27. The lowest BCUT2D eigenvalue weighted by atomic mass is 9.88. The van der Waals surface area contributed by atoms with Gasteiger partial charge in [-0.25, -0.2) is 0 Å². The van der Waals surface area contributed by atoms with Crippen molar-refractivity contribution in [3.05, 3.63) is 28.8 Å². The molecule has 2 aliphatic carbocycles. The number of aromatic hydroxyl groups is 1. The number of benzene rings is 1. The van der Waals surface area contributed by atoms with Gasteiger partial charge < -0.3 is 10.0 Å². The Bertz CT molecular complexity index is 462. The fourth-order valence-electron chi connectivity index (χ4n) is 4.03. The van der Waals surface area contributed by atoms with Gasteiger partial charge in [0.15, 0.2) is 0 Å². The summed E-state index contributed by atoms with van der Waals surface area (Å²) >= 11 is 5.95. The van der Waals surface area contributed by atoms with Gasteiger partial charge in [-0.05, 0) is 61.8 Å². The van der Waals surface area contributed by atoms with Crippen LogP contribution in [0.25, 0.3) is 0 Å². The molecule has 0 heterocycles. The molecule has 104 valence electrons. The highest BCUT2D eigenvalue weighted by Crippen LogP contribution is 2.48. The van der Waals surface area contributed by atoms with Gasteiger partial charge in [0.25, 0.3) is 0 Å². The largest absolute Gasteiger partial charge is 0.506 e. The zero-order valence-corrected chi connectivity index (χ0v) is 12.2. The van der Waals surface area contributed by atoms with Crippen molar-refractivity contribution in [3.63, 3.8) is 0 Å². The standard InChI is InChI=1S/C16H22ClNO/c1-18(9-12-3-5-16(19)15(17)8-12)10-14-7-11-2-4-13(14)6-11/h3,5,8,11,13-14,19H,2,4,6-7,9-10H2,1H3. The van der Waals surface area contributed by atoms with Crippen molar-refractivity contribution < 1.29 is 5.11 Å². The lowest BCUT2D eigenvalue weighted by molar-refractivity contribution is 0.214. The van der Waals surface area contributed by atoms with Crippen LogP contribution in [-0.2, 0) is 6.54 Å². The first kappa shape index (κ1) is 13.3. The fourth-order valence-corrected chi connectivity index (χ4v) is 4.23.